The van der Waals surface area contributed by atoms with Crippen LogP contribution in [-0.4, -0.2) is 15.5 Å². The van der Waals surface area contributed by atoms with Gasteiger partial charge in [-0.2, -0.15) is 0 Å². The summed E-state index contributed by atoms with van der Waals surface area (Å²) in [5.41, 5.74) is 3.27. The summed E-state index contributed by atoms with van der Waals surface area (Å²) in [4.78, 5) is 29.1. The predicted octanol–water partition coefficient (Wildman–Crippen LogP) is 3.26. The lowest BCUT2D eigenvalue weighted by atomic mass is 10.1. The minimum atomic E-state index is -0.259. The highest BCUT2D eigenvalue weighted by Crippen LogP contribution is 2.17. The van der Waals surface area contributed by atoms with Gasteiger partial charge in [0.15, 0.2) is 0 Å². The van der Waals surface area contributed by atoms with E-state index in [0.717, 1.165) is 14.7 Å². The van der Waals surface area contributed by atoms with Gasteiger partial charge in [0.2, 0.25) is 5.91 Å². The number of para-hydroxylation sites is 1. The van der Waals surface area contributed by atoms with Crippen LogP contribution in [0.1, 0.15) is 11.1 Å². The molecule has 6 heteroatoms. The third kappa shape index (κ3) is 3.33. The molecule has 0 unspecified atom stereocenters. The van der Waals surface area contributed by atoms with Gasteiger partial charge in [-0.3, -0.25) is 14.2 Å². The van der Waals surface area contributed by atoms with Gasteiger partial charge in [0.05, 0.1) is 17.2 Å². The first-order chi connectivity index (χ1) is 11.5. The van der Waals surface area contributed by atoms with Gasteiger partial charge in [0.25, 0.3) is 5.56 Å². The van der Waals surface area contributed by atoms with Crippen LogP contribution >= 0.6 is 22.6 Å². The molecule has 1 heterocycles. The molecule has 0 radical (unpaired) electrons. The minimum absolute atomic E-state index is 0.0693. The number of carbonyl (C=O) groups excluding carboxylic acids is 1. The molecule has 0 spiro atoms. The molecule has 1 N–H and O–H groups in total. The fraction of sp³-hybridized carbons (Fsp3) is 0.167. The number of aromatic nitrogens is 2. The van der Waals surface area contributed by atoms with Gasteiger partial charge in [-0.25, -0.2) is 4.98 Å². The second-order valence-electron chi connectivity index (χ2n) is 5.66. The predicted molar refractivity (Wildman–Crippen MR) is 103 cm³/mol. The zero-order valence-electron chi connectivity index (χ0n) is 13.3. The van der Waals surface area contributed by atoms with Crippen molar-refractivity contribution in [3.8, 4) is 0 Å². The van der Waals surface area contributed by atoms with Gasteiger partial charge < -0.3 is 5.32 Å². The number of aryl methyl sites for hydroxylation is 2. The molecule has 0 saturated heterocycles. The Hall–Kier alpha value is -2.22. The van der Waals surface area contributed by atoms with Crippen molar-refractivity contribution in [3.63, 3.8) is 0 Å². The smallest absolute Gasteiger partial charge is 0.261 e. The Bertz CT molecular complexity index is 995. The van der Waals surface area contributed by atoms with E-state index in [0.29, 0.717) is 16.6 Å². The average molecular weight is 433 g/mol. The van der Waals surface area contributed by atoms with E-state index in [-0.39, 0.29) is 18.0 Å². The first kappa shape index (κ1) is 16.6. The quantitative estimate of drug-likeness (QED) is 0.646. The maximum Gasteiger partial charge on any atom is 0.261 e. The molecule has 0 aliphatic heterocycles. The van der Waals surface area contributed by atoms with Crippen LogP contribution in [-0.2, 0) is 11.3 Å². The van der Waals surface area contributed by atoms with Crippen molar-refractivity contribution in [1.82, 2.24) is 9.55 Å². The van der Waals surface area contributed by atoms with E-state index in [1.165, 1.54) is 10.9 Å². The molecular formula is C18H16IN3O2. The number of nitrogens with one attached hydrogen (secondary N) is 1. The second-order valence-corrected chi connectivity index (χ2v) is 6.82. The lowest BCUT2D eigenvalue weighted by Gasteiger charge is -2.09. The fourth-order valence-corrected chi connectivity index (χ4v) is 2.99. The van der Waals surface area contributed by atoms with Crippen molar-refractivity contribution in [2.24, 2.45) is 0 Å². The van der Waals surface area contributed by atoms with E-state index in [2.05, 4.69) is 32.9 Å². The third-order valence-electron chi connectivity index (χ3n) is 3.82. The maximum absolute atomic E-state index is 12.5. The van der Waals surface area contributed by atoms with Crippen molar-refractivity contribution >= 4 is 45.1 Å². The molecule has 3 rings (SSSR count). The largest absolute Gasteiger partial charge is 0.324 e. The lowest BCUT2D eigenvalue weighted by molar-refractivity contribution is -0.116. The molecule has 5 nitrogen and oxygen atoms in total. The van der Waals surface area contributed by atoms with Crippen LogP contribution in [0.2, 0.25) is 0 Å². The summed E-state index contributed by atoms with van der Waals surface area (Å²) in [5, 5.41) is 3.34. The molecule has 0 fully saturated rings. The molecule has 24 heavy (non-hydrogen) atoms. The van der Waals surface area contributed by atoms with E-state index in [9.17, 15) is 9.59 Å². The number of halogens is 1. The molecular weight excluding hydrogens is 417 g/mol. The molecule has 0 bridgehead atoms. The second kappa shape index (κ2) is 6.72. The van der Waals surface area contributed by atoms with Crippen LogP contribution in [0.4, 0.5) is 5.69 Å². The van der Waals surface area contributed by atoms with E-state index in [1.54, 1.807) is 6.07 Å². The van der Waals surface area contributed by atoms with E-state index in [1.807, 2.05) is 44.2 Å². The monoisotopic (exact) mass is 433 g/mol. The Kier molecular flexibility index (Phi) is 4.66. The van der Waals surface area contributed by atoms with Crippen LogP contribution in [0, 0.1) is 17.4 Å². The molecule has 0 saturated carbocycles. The number of fused-ring (bicyclic) bond motifs is 1. The Labute approximate surface area is 152 Å². The van der Waals surface area contributed by atoms with Crippen molar-refractivity contribution in [2.45, 2.75) is 20.4 Å². The fourth-order valence-electron chi connectivity index (χ4n) is 2.48. The number of hydrogen-bond acceptors (Lipinski definition) is 3. The van der Waals surface area contributed by atoms with E-state index >= 15 is 0 Å². The van der Waals surface area contributed by atoms with Crippen molar-refractivity contribution in [3.05, 3.63) is 67.8 Å². The van der Waals surface area contributed by atoms with Crippen LogP contribution in [0.25, 0.3) is 10.9 Å². The molecule has 0 atom stereocenters. The molecule has 0 aliphatic rings. The standard InChI is InChI=1S/C18H16IN3O2/c1-11-6-7-13(8-15(11)19)21-16(23)9-22-10-20-17-12(2)4-3-5-14(17)18(22)24/h3-8,10H,9H2,1-2H3,(H,21,23). The van der Waals surface area contributed by atoms with Gasteiger partial charge >= 0.3 is 0 Å². The zero-order valence-corrected chi connectivity index (χ0v) is 15.5. The zero-order chi connectivity index (χ0) is 17.3. The molecule has 0 aliphatic carbocycles. The highest BCUT2D eigenvalue weighted by molar-refractivity contribution is 14.1. The molecule has 2 aromatic carbocycles. The Balaban J connectivity index is 1.84. The van der Waals surface area contributed by atoms with Crippen molar-refractivity contribution < 1.29 is 4.79 Å². The number of anilines is 1. The third-order valence-corrected chi connectivity index (χ3v) is 4.99. The summed E-state index contributed by atoms with van der Waals surface area (Å²) in [6.07, 6.45) is 1.43. The van der Waals surface area contributed by atoms with Gasteiger partial charge in [-0.1, -0.05) is 18.2 Å². The van der Waals surface area contributed by atoms with Gasteiger partial charge in [-0.05, 0) is 65.8 Å². The average Bonchev–Trinajstić information content (AvgIpc) is 2.54. The number of rotatable bonds is 3. The normalized spacial score (nSPS) is 10.8. The molecule has 3 aromatic rings. The first-order valence-corrected chi connectivity index (χ1v) is 8.54. The SMILES string of the molecule is Cc1ccc(NC(=O)Cn2cnc3c(C)cccc3c2=O)cc1I. The molecule has 1 aromatic heterocycles. The van der Waals surface area contributed by atoms with Crippen LogP contribution in [0.3, 0.4) is 0 Å². The minimum Gasteiger partial charge on any atom is -0.324 e. The Morgan fingerprint density at radius 2 is 2.00 bits per heavy atom. The van der Waals surface area contributed by atoms with Gasteiger partial charge in [0.1, 0.15) is 6.54 Å². The summed E-state index contributed by atoms with van der Waals surface area (Å²) in [6, 6.07) is 11.2. The van der Waals surface area contributed by atoms with Gasteiger partial charge in [-0.15, -0.1) is 0 Å². The highest BCUT2D eigenvalue weighted by atomic mass is 127. The van der Waals surface area contributed by atoms with Crippen molar-refractivity contribution in [1.29, 1.82) is 0 Å². The number of amides is 1. The summed E-state index contributed by atoms with van der Waals surface area (Å²) < 4.78 is 2.40. The summed E-state index contributed by atoms with van der Waals surface area (Å²) in [6.45, 7) is 3.85. The number of hydrogen-bond donors (Lipinski definition) is 1. The van der Waals surface area contributed by atoms with E-state index in [4.69, 9.17) is 0 Å². The van der Waals surface area contributed by atoms with Crippen LogP contribution < -0.4 is 10.9 Å². The van der Waals surface area contributed by atoms with Gasteiger partial charge in [0, 0.05) is 9.26 Å². The maximum atomic E-state index is 12.5. The first-order valence-electron chi connectivity index (χ1n) is 7.46. The summed E-state index contributed by atoms with van der Waals surface area (Å²) in [7, 11) is 0. The number of benzene rings is 2. The lowest BCUT2D eigenvalue weighted by Crippen LogP contribution is -2.28. The summed E-state index contributed by atoms with van der Waals surface area (Å²) in [5.74, 6) is -0.259. The molecule has 1 amide bonds. The topological polar surface area (TPSA) is 64.0 Å². The number of nitrogens with zero attached hydrogens (tertiary/aromatic N) is 2. The van der Waals surface area contributed by atoms with Crippen molar-refractivity contribution in [2.75, 3.05) is 5.32 Å². The Morgan fingerprint density at radius 1 is 1.21 bits per heavy atom. The number of carbonyl (C=O) groups is 1. The summed E-state index contributed by atoms with van der Waals surface area (Å²) >= 11 is 2.22. The van der Waals surface area contributed by atoms with Crippen LogP contribution in [0.5, 0.6) is 0 Å². The highest BCUT2D eigenvalue weighted by Gasteiger charge is 2.10. The van der Waals surface area contributed by atoms with Crippen LogP contribution in [0.15, 0.2) is 47.5 Å². The van der Waals surface area contributed by atoms with E-state index < -0.39 is 0 Å². The Morgan fingerprint density at radius 3 is 2.75 bits per heavy atom. The molecule has 122 valence electrons.